The van der Waals surface area contributed by atoms with Gasteiger partial charge in [-0.3, -0.25) is 0 Å². The van der Waals surface area contributed by atoms with Crippen LogP contribution in [-0.2, 0) is 0 Å². The molecular formula is C10H9Cl2OSi. The van der Waals surface area contributed by atoms with Gasteiger partial charge in [-0.1, -0.05) is 41.8 Å². The molecule has 1 rings (SSSR count). The van der Waals surface area contributed by atoms with Crippen LogP contribution in [0.3, 0.4) is 0 Å². The van der Waals surface area contributed by atoms with Gasteiger partial charge in [-0.05, 0) is 18.2 Å². The maximum absolute atomic E-state index is 5.88. The molecule has 0 aromatic heterocycles. The van der Waals surface area contributed by atoms with E-state index in [1.807, 2.05) is 0 Å². The number of ether oxygens (including phenoxy) is 1. The Morgan fingerprint density at radius 2 is 2.00 bits per heavy atom. The minimum absolute atomic E-state index is 0.479. The van der Waals surface area contributed by atoms with Crippen molar-refractivity contribution >= 4 is 32.0 Å². The van der Waals surface area contributed by atoms with E-state index in [0.29, 0.717) is 15.8 Å². The third-order valence-electron chi connectivity index (χ3n) is 1.36. The Morgan fingerprint density at radius 3 is 2.57 bits per heavy atom. The molecular weight excluding hydrogens is 235 g/mol. The average Bonchev–Trinajstić information content (AvgIpc) is 2.08. The third kappa shape index (κ3) is 3.63. The van der Waals surface area contributed by atoms with E-state index in [0.717, 1.165) is 0 Å². The fourth-order valence-corrected chi connectivity index (χ4v) is 1.44. The smallest absolute Gasteiger partial charge is 0.158 e. The highest BCUT2D eigenvalue weighted by molar-refractivity contribution is 6.64. The molecule has 0 saturated heterocycles. The maximum Gasteiger partial charge on any atom is 0.158 e. The molecule has 0 fully saturated rings. The Balaban J connectivity index is 2.74. The summed E-state index contributed by atoms with van der Waals surface area (Å²) in [5.41, 5.74) is 2.97. The predicted molar refractivity (Wildman–Crippen MR) is 62.3 cm³/mol. The van der Waals surface area contributed by atoms with Crippen molar-refractivity contribution in [2.24, 2.45) is 0 Å². The van der Waals surface area contributed by atoms with Gasteiger partial charge < -0.3 is 4.74 Å². The molecule has 0 aliphatic rings. The number of hydrogen-bond acceptors (Lipinski definition) is 1. The van der Waals surface area contributed by atoms with E-state index in [-0.39, 0.29) is 0 Å². The van der Waals surface area contributed by atoms with E-state index >= 15 is 0 Å². The highest BCUT2D eigenvalue weighted by atomic mass is 35.5. The van der Waals surface area contributed by atoms with Crippen LogP contribution >= 0.6 is 23.2 Å². The summed E-state index contributed by atoms with van der Waals surface area (Å²) < 4.78 is 5.18. The molecule has 1 radical (unpaired) electrons. The molecule has 1 aromatic rings. The molecule has 0 amide bonds. The van der Waals surface area contributed by atoms with Gasteiger partial charge in [0.2, 0.25) is 0 Å². The van der Waals surface area contributed by atoms with Crippen LogP contribution in [0, 0.1) is 11.7 Å². The molecule has 1 nitrogen and oxygen atoms in total. The molecule has 0 aliphatic heterocycles. The average molecular weight is 244 g/mol. The molecule has 0 N–H and O–H groups in total. The molecule has 0 spiro atoms. The number of rotatable bonds is 1. The Hall–Kier alpha value is -0.623. The summed E-state index contributed by atoms with van der Waals surface area (Å²) in [6, 6.07) is 5.05. The van der Waals surface area contributed by atoms with Crippen molar-refractivity contribution in [3.8, 4) is 17.4 Å². The van der Waals surface area contributed by atoms with Crippen molar-refractivity contribution in [1.82, 2.24) is 0 Å². The van der Waals surface area contributed by atoms with Crippen molar-refractivity contribution in [3.05, 3.63) is 28.2 Å². The minimum atomic E-state index is -0.580. The fourth-order valence-electron chi connectivity index (χ4n) is 0.741. The van der Waals surface area contributed by atoms with Gasteiger partial charge in [-0.25, -0.2) is 0 Å². The topological polar surface area (TPSA) is 9.23 Å². The summed E-state index contributed by atoms with van der Waals surface area (Å²) in [5, 5.41) is 1.07. The van der Waals surface area contributed by atoms with E-state index in [1.54, 1.807) is 18.2 Å². The second-order valence-electron chi connectivity index (χ2n) is 2.90. The van der Waals surface area contributed by atoms with Crippen LogP contribution in [0.25, 0.3) is 0 Å². The molecule has 0 atom stereocenters. The minimum Gasteiger partial charge on any atom is -0.407 e. The van der Waals surface area contributed by atoms with E-state index in [4.69, 9.17) is 27.9 Å². The van der Waals surface area contributed by atoms with Crippen LogP contribution < -0.4 is 4.74 Å². The van der Waals surface area contributed by atoms with Gasteiger partial charge in [-0.2, -0.15) is 0 Å². The van der Waals surface area contributed by atoms with Crippen LogP contribution in [0.5, 0.6) is 5.75 Å². The molecule has 0 bridgehead atoms. The van der Waals surface area contributed by atoms with Crippen molar-refractivity contribution in [2.75, 3.05) is 0 Å². The summed E-state index contributed by atoms with van der Waals surface area (Å²) >= 11 is 11.6. The van der Waals surface area contributed by atoms with E-state index in [9.17, 15) is 0 Å². The Labute approximate surface area is 95.6 Å². The van der Waals surface area contributed by atoms with Crippen LogP contribution in [0.15, 0.2) is 18.2 Å². The lowest BCUT2D eigenvalue weighted by molar-refractivity contribution is 0.520. The molecule has 0 unspecified atom stereocenters. The standard InChI is InChI=1S/C10H9Cl2OSi/c1-14(2)6-5-13-10-4-3-8(11)7-9(10)12/h3-4,7H,1-2H3. The third-order valence-corrected chi connectivity index (χ3v) is 2.49. The summed E-state index contributed by atoms with van der Waals surface area (Å²) in [6.45, 7) is 4.18. The van der Waals surface area contributed by atoms with Crippen LogP contribution in [-0.4, -0.2) is 8.80 Å². The lowest BCUT2D eigenvalue weighted by Crippen LogP contribution is -1.95. The van der Waals surface area contributed by atoms with E-state index < -0.39 is 8.80 Å². The lowest BCUT2D eigenvalue weighted by Gasteiger charge is -2.00. The fraction of sp³-hybridized carbons (Fsp3) is 0.200. The number of benzene rings is 1. The first kappa shape index (κ1) is 11.5. The van der Waals surface area contributed by atoms with Gasteiger partial charge in [0.05, 0.1) is 5.02 Å². The number of hydrogen-bond donors (Lipinski definition) is 0. The van der Waals surface area contributed by atoms with Crippen LogP contribution in [0.1, 0.15) is 0 Å². The predicted octanol–water partition coefficient (Wildman–Crippen LogP) is 3.63. The van der Waals surface area contributed by atoms with Gasteiger partial charge in [0.15, 0.2) is 5.75 Å². The van der Waals surface area contributed by atoms with Gasteiger partial charge >= 0.3 is 0 Å². The van der Waals surface area contributed by atoms with E-state index in [1.165, 1.54) is 0 Å². The first-order valence-electron chi connectivity index (χ1n) is 4.02. The molecule has 0 saturated carbocycles. The van der Waals surface area contributed by atoms with Crippen molar-refractivity contribution < 1.29 is 4.74 Å². The zero-order valence-corrected chi connectivity index (χ0v) is 10.4. The van der Waals surface area contributed by atoms with E-state index in [2.05, 4.69) is 24.7 Å². The molecule has 1 aromatic carbocycles. The Morgan fingerprint density at radius 1 is 1.29 bits per heavy atom. The summed E-state index contributed by atoms with van der Waals surface area (Å²) in [7, 11) is -0.580. The highest BCUT2D eigenvalue weighted by Gasteiger charge is 2.00. The molecule has 0 heterocycles. The molecule has 0 aliphatic carbocycles. The van der Waals surface area contributed by atoms with Crippen molar-refractivity contribution in [3.63, 3.8) is 0 Å². The van der Waals surface area contributed by atoms with Crippen LogP contribution in [0.2, 0.25) is 23.1 Å². The summed E-state index contributed by atoms with van der Waals surface area (Å²) in [5.74, 6) is 0.548. The maximum atomic E-state index is 5.88. The largest absolute Gasteiger partial charge is 0.407 e. The van der Waals surface area contributed by atoms with Gasteiger partial charge in [0.25, 0.3) is 0 Å². The summed E-state index contributed by atoms with van der Waals surface area (Å²) in [4.78, 5) is 0. The second kappa shape index (κ2) is 5.31. The zero-order chi connectivity index (χ0) is 10.6. The van der Waals surface area contributed by atoms with Gasteiger partial charge in [-0.15, -0.1) is 0 Å². The van der Waals surface area contributed by atoms with Gasteiger partial charge in [0.1, 0.15) is 14.9 Å². The first-order chi connectivity index (χ1) is 6.59. The van der Waals surface area contributed by atoms with Crippen molar-refractivity contribution in [2.45, 2.75) is 13.1 Å². The van der Waals surface area contributed by atoms with Crippen LogP contribution in [0.4, 0.5) is 0 Å². The van der Waals surface area contributed by atoms with Gasteiger partial charge in [0, 0.05) is 5.02 Å². The summed E-state index contributed by atoms with van der Waals surface area (Å²) in [6.07, 6.45) is 2.63. The monoisotopic (exact) mass is 243 g/mol. The first-order valence-corrected chi connectivity index (χ1v) is 7.28. The molecule has 4 heteroatoms. The van der Waals surface area contributed by atoms with Crippen molar-refractivity contribution in [1.29, 1.82) is 0 Å². The number of halogens is 2. The lowest BCUT2D eigenvalue weighted by atomic mass is 10.3. The normalized spacial score (nSPS) is 9.50. The quantitative estimate of drug-likeness (QED) is 0.541. The highest BCUT2D eigenvalue weighted by Crippen LogP contribution is 2.27. The molecule has 73 valence electrons. The second-order valence-corrected chi connectivity index (χ2v) is 6.00. The Bertz CT molecular complexity index is 379. The SMILES string of the molecule is C[Si](C)C#COc1ccc(Cl)cc1Cl. The Kier molecular flexibility index (Phi) is 4.34. The zero-order valence-electron chi connectivity index (χ0n) is 7.90. The molecule has 14 heavy (non-hydrogen) atoms.